The first kappa shape index (κ1) is 13.8. The molecule has 1 heterocycles. The number of aryl methyl sites for hydroxylation is 2. The van der Waals surface area contributed by atoms with E-state index in [1.165, 1.54) is 19.9 Å². The Morgan fingerprint density at radius 3 is 2.63 bits per heavy atom. The molecule has 0 spiro atoms. The minimum absolute atomic E-state index is 0.0136. The summed E-state index contributed by atoms with van der Waals surface area (Å²) in [5.74, 6) is -1.41. The molecule has 8 heteroatoms. The predicted molar refractivity (Wildman–Crippen MR) is 65.0 cm³/mol. The van der Waals surface area contributed by atoms with Gasteiger partial charge in [0, 0.05) is 6.04 Å². The van der Waals surface area contributed by atoms with Crippen molar-refractivity contribution in [1.82, 2.24) is 9.88 Å². The van der Waals surface area contributed by atoms with Crippen molar-refractivity contribution in [3.63, 3.8) is 0 Å². The maximum absolute atomic E-state index is 12.2. The first-order valence-electron chi connectivity index (χ1n) is 5.67. The van der Waals surface area contributed by atoms with Crippen molar-refractivity contribution in [2.45, 2.75) is 31.2 Å². The molecule has 0 aromatic carbocycles. The number of hydrogen-bond acceptors (Lipinski definition) is 5. The highest BCUT2D eigenvalue weighted by Gasteiger charge is 2.30. The molecule has 0 saturated heterocycles. The molecule has 0 saturated carbocycles. The molecule has 2 unspecified atom stereocenters. The van der Waals surface area contributed by atoms with Crippen LogP contribution in [0.25, 0.3) is 0 Å². The number of rotatable bonds is 4. The van der Waals surface area contributed by atoms with Crippen LogP contribution in [0.2, 0.25) is 0 Å². The van der Waals surface area contributed by atoms with Crippen molar-refractivity contribution in [3.8, 4) is 0 Å². The Morgan fingerprint density at radius 2 is 2.16 bits per heavy atom. The molecule has 0 aliphatic heterocycles. The zero-order valence-electron chi connectivity index (χ0n) is 10.5. The molecule has 104 valence electrons. The number of aromatic nitrogens is 1. The van der Waals surface area contributed by atoms with Crippen LogP contribution in [0.1, 0.15) is 17.9 Å². The molecule has 1 aromatic rings. The lowest BCUT2D eigenvalue weighted by molar-refractivity contribution is -0.140. The molecule has 2 rings (SSSR count). The molecule has 0 radical (unpaired) electrons. The van der Waals surface area contributed by atoms with Gasteiger partial charge in [0.15, 0.2) is 5.76 Å². The van der Waals surface area contributed by atoms with Crippen LogP contribution in [0.3, 0.4) is 0 Å². The third kappa shape index (κ3) is 2.69. The largest absolute Gasteiger partial charge is 0.481 e. The van der Waals surface area contributed by atoms with Gasteiger partial charge in [-0.1, -0.05) is 17.3 Å². The van der Waals surface area contributed by atoms with E-state index in [4.69, 9.17) is 9.63 Å². The van der Waals surface area contributed by atoms with E-state index in [2.05, 4.69) is 9.88 Å². The van der Waals surface area contributed by atoms with Crippen molar-refractivity contribution in [2.24, 2.45) is 5.92 Å². The molecule has 0 fully saturated rings. The monoisotopic (exact) mass is 286 g/mol. The van der Waals surface area contributed by atoms with E-state index in [0.717, 1.165) is 0 Å². The standard InChI is InChI=1S/C11H14N2O5S/c1-6-10(7(2)18-12-6)19(16,17)13-9-4-3-8(5-9)11(14)15/h3-4,8-9,13H,5H2,1-2H3,(H,14,15). The van der Waals surface area contributed by atoms with Gasteiger partial charge in [0.25, 0.3) is 0 Å². The first-order valence-corrected chi connectivity index (χ1v) is 7.16. The molecule has 2 N–H and O–H groups in total. The Hall–Kier alpha value is -1.67. The number of nitrogens with zero attached hydrogens (tertiary/aromatic N) is 1. The highest BCUT2D eigenvalue weighted by atomic mass is 32.2. The van der Waals surface area contributed by atoms with Crippen LogP contribution in [0.4, 0.5) is 0 Å². The summed E-state index contributed by atoms with van der Waals surface area (Å²) in [5, 5.41) is 12.4. The number of carboxylic acid groups (broad SMARTS) is 1. The molecule has 19 heavy (non-hydrogen) atoms. The molecule has 0 amide bonds. The van der Waals surface area contributed by atoms with Gasteiger partial charge < -0.3 is 9.63 Å². The van der Waals surface area contributed by atoms with Crippen molar-refractivity contribution in [1.29, 1.82) is 0 Å². The van der Waals surface area contributed by atoms with Crippen molar-refractivity contribution in [2.75, 3.05) is 0 Å². The molecule has 7 nitrogen and oxygen atoms in total. The summed E-state index contributed by atoms with van der Waals surface area (Å²) < 4.78 is 31.6. The van der Waals surface area contributed by atoms with E-state index in [9.17, 15) is 13.2 Å². The Kier molecular flexibility index (Phi) is 3.46. The van der Waals surface area contributed by atoms with E-state index in [-0.39, 0.29) is 22.8 Å². The van der Waals surface area contributed by atoms with Crippen LogP contribution >= 0.6 is 0 Å². The lowest BCUT2D eigenvalue weighted by Gasteiger charge is -2.12. The summed E-state index contributed by atoms with van der Waals surface area (Å²) >= 11 is 0. The van der Waals surface area contributed by atoms with Gasteiger partial charge in [-0.25, -0.2) is 13.1 Å². The van der Waals surface area contributed by atoms with Crippen LogP contribution in [0, 0.1) is 19.8 Å². The molecule has 2 atom stereocenters. The van der Waals surface area contributed by atoms with Crippen LogP contribution in [0.15, 0.2) is 21.6 Å². The Balaban J connectivity index is 2.16. The van der Waals surface area contributed by atoms with Gasteiger partial charge in [-0.3, -0.25) is 4.79 Å². The molecule has 1 aliphatic rings. The normalized spacial score (nSPS) is 22.8. The minimum Gasteiger partial charge on any atom is -0.481 e. The summed E-state index contributed by atoms with van der Waals surface area (Å²) in [6, 6.07) is -0.528. The van der Waals surface area contributed by atoms with Crippen molar-refractivity contribution < 1.29 is 22.8 Å². The summed E-state index contributed by atoms with van der Waals surface area (Å²) in [7, 11) is -3.76. The second-order valence-corrected chi connectivity index (χ2v) is 6.10. The number of hydrogen-bond donors (Lipinski definition) is 2. The van der Waals surface area contributed by atoms with Gasteiger partial charge in [0.1, 0.15) is 10.6 Å². The van der Waals surface area contributed by atoms with E-state index < -0.39 is 28.0 Å². The lowest BCUT2D eigenvalue weighted by Crippen LogP contribution is -2.33. The van der Waals surface area contributed by atoms with E-state index in [1.54, 1.807) is 6.08 Å². The molecular weight excluding hydrogens is 272 g/mol. The maximum atomic E-state index is 12.2. The first-order chi connectivity index (χ1) is 8.81. The Labute approximate surface area is 110 Å². The lowest BCUT2D eigenvalue weighted by atomic mass is 10.1. The smallest absolute Gasteiger partial charge is 0.310 e. The van der Waals surface area contributed by atoms with Crippen molar-refractivity contribution >= 4 is 16.0 Å². The number of carbonyl (C=O) groups is 1. The molecule has 0 bridgehead atoms. The second-order valence-electron chi connectivity index (χ2n) is 4.45. The summed E-state index contributed by atoms with van der Waals surface area (Å²) in [6.45, 7) is 3.05. The average molecular weight is 286 g/mol. The predicted octanol–water partition coefficient (Wildman–Crippen LogP) is 0.599. The fourth-order valence-corrected chi connectivity index (χ4v) is 3.62. The number of aliphatic carboxylic acids is 1. The highest BCUT2D eigenvalue weighted by Crippen LogP contribution is 2.23. The van der Waals surface area contributed by atoms with Gasteiger partial charge in [-0.05, 0) is 20.3 Å². The van der Waals surface area contributed by atoms with Gasteiger partial charge in [-0.15, -0.1) is 0 Å². The summed E-state index contributed by atoms with van der Waals surface area (Å²) in [6.07, 6.45) is 3.25. The van der Waals surface area contributed by atoms with Crippen LogP contribution in [-0.4, -0.2) is 30.7 Å². The third-order valence-electron chi connectivity index (χ3n) is 2.94. The Morgan fingerprint density at radius 1 is 1.47 bits per heavy atom. The fourth-order valence-electron chi connectivity index (χ4n) is 2.09. The van der Waals surface area contributed by atoms with Gasteiger partial charge in [-0.2, -0.15) is 0 Å². The second kappa shape index (κ2) is 4.78. The van der Waals surface area contributed by atoms with Gasteiger partial charge in [0.2, 0.25) is 10.0 Å². The number of carboxylic acids is 1. The molecular formula is C11H14N2O5S. The van der Waals surface area contributed by atoms with Gasteiger partial charge >= 0.3 is 5.97 Å². The van der Waals surface area contributed by atoms with E-state index in [1.807, 2.05) is 0 Å². The van der Waals surface area contributed by atoms with E-state index >= 15 is 0 Å². The molecule has 1 aromatic heterocycles. The topological polar surface area (TPSA) is 110 Å². The quantitative estimate of drug-likeness (QED) is 0.784. The summed E-state index contributed by atoms with van der Waals surface area (Å²) in [4.78, 5) is 10.8. The SMILES string of the molecule is Cc1noc(C)c1S(=O)(=O)NC1C=CC(C(=O)O)C1. The summed E-state index contributed by atoms with van der Waals surface area (Å²) in [5.41, 5.74) is 0.279. The van der Waals surface area contributed by atoms with Crippen LogP contribution in [-0.2, 0) is 14.8 Å². The number of nitrogens with one attached hydrogen (secondary N) is 1. The van der Waals surface area contributed by atoms with Crippen LogP contribution < -0.4 is 4.72 Å². The number of sulfonamides is 1. The fraction of sp³-hybridized carbons (Fsp3) is 0.455. The van der Waals surface area contributed by atoms with Crippen molar-refractivity contribution in [3.05, 3.63) is 23.6 Å². The third-order valence-corrected chi connectivity index (χ3v) is 4.68. The minimum atomic E-state index is -3.76. The Bertz CT molecular complexity index is 612. The van der Waals surface area contributed by atoms with Gasteiger partial charge in [0.05, 0.1) is 5.92 Å². The zero-order valence-corrected chi connectivity index (χ0v) is 11.3. The average Bonchev–Trinajstić information content (AvgIpc) is 2.85. The molecule has 1 aliphatic carbocycles. The maximum Gasteiger partial charge on any atom is 0.310 e. The highest BCUT2D eigenvalue weighted by molar-refractivity contribution is 7.89. The van der Waals surface area contributed by atoms with Crippen LogP contribution in [0.5, 0.6) is 0 Å². The zero-order chi connectivity index (χ0) is 14.2. The van der Waals surface area contributed by atoms with E-state index in [0.29, 0.717) is 0 Å².